The highest BCUT2D eigenvalue weighted by atomic mass is 19.3. The van der Waals surface area contributed by atoms with Crippen LogP contribution in [-0.2, 0) is 9.47 Å². The minimum absolute atomic E-state index is 0.0405. The summed E-state index contributed by atoms with van der Waals surface area (Å²) >= 11 is 0. The maximum absolute atomic E-state index is 15.0. The van der Waals surface area contributed by atoms with Crippen LogP contribution in [0.5, 0.6) is 11.5 Å². The van der Waals surface area contributed by atoms with Gasteiger partial charge in [-0.3, -0.25) is 0 Å². The molecule has 0 radical (unpaired) electrons. The highest BCUT2D eigenvalue weighted by Crippen LogP contribution is 2.36. The predicted octanol–water partition coefficient (Wildman–Crippen LogP) is 10.3. The summed E-state index contributed by atoms with van der Waals surface area (Å²) in [7, 11) is 0. The molecular formula is C35H41F5O4. The molecule has 1 aliphatic rings. The second kappa shape index (κ2) is 16.2. The molecule has 0 atom stereocenters. The summed E-state index contributed by atoms with van der Waals surface area (Å²) in [6.45, 7) is 4.05. The zero-order chi connectivity index (χ0) is 31.5. The van der Waals surface area contributed by atoms with Crippen molar-refractivity contribution in [2.45, 2.75) is 84.0 Å². The van der Waals surface area contributed by atoms with E-state index >= 15 is 4.39 Å². The number of unbranched alkanes of at least 4 members (excludes halogenated alkanes) is 6. The van der Waals surface area contributed by atoms with Crippen molar-refractivity contribution < 1.29 is 40.9 Å². The van der Waals surface area contributed by atoms with Gasteiger partial charge in [0, 0.05) is 17.2 Å². The Morgan fingerprint density at radius 2 is 1.34 bits per heavy atom. The van der Waals surface area contributed by atoms with Crippen LogP contribution in [0, 0.1) is 23.4 Å². The lowest BCUT2D eigenvalue weighted by Gasteiger charge is -2.33. The zero-order valence-electron chi connectivity index (χ0n) is 25.4. The second-order valence-electron chi connectivity index (χ2n) is 11.2. The number of halogens is 5. The van der Waals surface area contributed by atoms with Crippen molar-refractivity contribution in [2.75, 3.05) is 19.8 Å². The molecule has 3 aromatic carbocycles. The Morgan fingerprint density at radius 3 is 2.00 bits per heavy atom. The van der Waals surface area contributed by atoms with E-state index in [0.717, 1.165) is 57.4 Å². The predicted molar refractivity (Wildman–Crippen MR) is 160 cm³/mol. The van der Waals surface area contributed by atoms with Crippen molar-refractivity contribution >= 4 is 0 Å². The molecule has 1 heterocycles. The van der Waals surface area contributed by atoms with Crippen LogP contribution < -0.4 is 9.47 Å². The summed E-state index contributed by atoms with van der Waals surface area (Å²) in [5, 5.41) is 0. The van der Waals surface area contributed by atoms with Crippen LogP contribution in [0.3, 0.4) is 0 Å². The van der Waals surface area contributed by atoms with Gasteiger partial charge in [-0.25, -0.2) is 8.78 Å². The highest BCUT2D eigenvalue weighted by Gasteiger charge is 2.45. The van der Waals surface area contributed by atoms with Crippen molar-refractivity contribution in [1.29, 1.82) is 0 Å². The molecule has 3 aromatic rings. The van der Waals surface area contributed by atoms with E-state index < -0.39 is 35.8 Å². The summed E-state index contributed by atoms with van der Waals surface area (Å²) in [6, 6.07) is 12.5. The van der Waals surface area contributed by atoms with E-state index in [2.05, 4.69) is 13.8 Å². The molecule has 44 heavy (non-hydrogen) atoms. The van der Waals surface area contributed by atoms with E-state index in [1.807, 2.05) is 0 Å². The van der Waals surface area contributed by atoms with Gasteiger partial charge in [-0.1, -0.05) is 76.6 Å². The summed E-state index contributed by atoms with van der Waals surface area (Å²) < 4.78 is 95.5. The molecule has 1 fully saturated rings. The standard InChI is InChI=1S/C35H41F5O4/c1-3-5-7-8-10-20-41-31-19-18-29(33(37)34(31)38)25-14-12-24(13-15-25)28-17-16-27(21-30(28)36)44-35(39,40)26-22-42-32(43-23-26)11-9-6-4-2/h12-19,21,26,32H,3-11,20,22-23H2,1-2H3. The molecule has 0 spiro atoms. The van der Waals surface area contributed by atoms with E-state index in [1.165, 1.54) is 36.4 Å². The molecule has 1 saturated heterocycles. The molecule has 4 rings (SSSR count). The number of benzene rings is 3. The van der Waals surface area contributed by atoms with Gasteiger partial charge in [-0.15, -0.1) is 0 Å². The third-order valence-corrected chi connectivity index (χ3v) is 7.74. The summed E-state index contributed by atoms with van der Waals surface area (Å²) in [4.78, 5) is 0. The normalized spacial score (nSPS) is 17.1. The quantitative estimate of drug-likeness (QED) is 0.118. The minimum atomic E-state index is -3.63. The van der Waals surface area contributed by atoms with E-state index in [1.54, 1.807) is 12.1 Å². The Labute approximate surface area is 256 Å². The van der Waals surface area contributed by atoms with E-state index in [-0.39, 0.29) is 35.8 Å². The van der Waals surface area contributed by atoms with Crippen molar-refractivity contribution in [1.82, 2.24) is 0 Å². The maximum atomic E-state index is 15.0. The van der Waals surface area contributed by atoms with Crippen LogP contribution >= 0.6 is 0 Å². The molecule has 0 N–H and O–H groups in total. The molecule has 0 aromatic heterocycles. The Balaban J connectivity index is 1.36. The smallest absolute Gasteiger partial charge is 0.405 e. The molecule has 1 aliphatic heterocycles. The van der Waals surface area contributed by atoms with Gasteiger partial charge in [0.2, 0.25) is 5.82 Å². The summed E-state index contributed by atoms with van der Waals surface area (Å²) in [5.41, 5.74) is 0.997. The Kier molecular flexibility index (Phi) is 12.4. The zero-order valence-corrected chi connectivity index (χ0v) is 25.4. The Hall–Kier alpha value is -3.17. The van der Waals surface area contributed by atoms with Crippen LogP contribution in [-0.4, -0.2) is 32.2 Å². The van der Waals surface area contributed by atoms with Crippen LogP contribution in [0.4, 0.5) is 22.0 Å². The van der Waals surface area contributed by atoms with Crippen LogP contribution in [0.25, 0.3) is 22.3 Å². The van der Waals surface area contributed by atoms with Gasteiger partial charge in [0.25, 0.3) is 0 Å². The fourth-order valence-corrected chi connectivity index (χ4v) is 5.08. The summed E-state index contributed by atoms with van der Waals surface area (Å²) in [5.74, 6) is -4.66. The minimum Gasteiger partial charge on any atom is -0.490 e. The monoisotopic (exact) mass is 620 g/mol. The average molecular weight is 621 g/mol. The number of alkyl halides is 2. The van der Waals surface area contributed by atoms with Gasteiger partial charge >= 0.3 is 6.11 Å². The SMILES string of the molecule is CCCCCCCOc1ccc(-c2ccc(-c3ccc(OC(F)(F)C4COC(CCCCC)OC4)cc3F)cc2)c(F)c1F. The lowest BCUT2D eigenvalue weighted by Crippen LogP contribution is -2.45. The Morgan fingerprint density at radius 1 is 0.727 bits per heavy atom. The van der Waals surface area contributed by atoms with E-state index in [0.29, 0.717) is 24.2 Å². The van der Waals surface area contributed by atoms with Gasteiger partial charge in [-0.2, -0.15) is 13.2 Å². The number of ether oxygens (including phenoxy) is 4. The van der Waals surface area contributed by atoms with E-state index in [9.17, 15) is 17.6 Å². The van der Waals surface area contributed by atoms with Gasteiger partial charge in [0.05, 0.1) is 19.8 Å². The number of hydrogen-bond acceptors (Lipinski definition) is 4. The number of rotatable bonds is 16. The molecule has 240 valence electrons. The lowest BCUT2D eigenvalue weighted by molar-refractivity contribution is -0.291. The van der Waals surface area contributed by atoms with Crippen molar-refractivity contribution in [3.8, 4) is 33.8 Å². The van der Waals surface area contributed by atoms with Crippen molar-refractivity contribution in [3.63, 3.8) is 0 Å². The topological polar surface area (TPSA) is 36.9 Å². The molecular weight excluding hydrogens is 579 g/mol. The van der Waals surface area contributed by atoms with Crippen molar-refractivity contribution in [3.05, 3.63) is 72.0 Å². The third-order valence-electron chi connectivity index (χ3n) is 7.74. The third kappa shape index (κ3) is 8.94. The molecule has 9 heteroatoms. The Bertz CT molecular complexity index is 1320. The van der Waals surface area contributed by atoms with Crippen LogP contribution in [0.1, 0.15) is 71.6 Å². The van der Waals surface area contributed by atoms with Gasteiger partial charge in [0.1, 0.15) is 17.5 Å². The average Bonchev–Trinajstić information content (AvgIpc) is 3.01. The molecule has 0 bridgehead atoms. The molecule has 0 aliphatic carbocycles. The molecule has 0 saturated carbocycles. The molecule has 0 unspecified atom stereocenters. The van der Waals surface area contributed by atoms with Gasteiger partial charge in [0.15, 0.2) is 17.9 Å². The maximum Gasteiger partial charge on any atom is 0.405 e. The first kappa shape index (κ1) is 33.7. The lowest BCUT2D eigenvalue weighted by atomic mass is 9.99. The van der Waals surface area contributed by atoms with Crippen molar-refractivity contribution in [2.24, 2.45) is 5.92 Å². The van der Waals surface area contributed by atoms with Crippen LogP contribution in [0.15, 0.2) is 54.6 Å². The fourth-order valence-electron chi connectivity index (χ4n) is 5.08. The first-order valence-electron chi connectivity index (χ1n) is 15.5. The van der Waals surface area contributed by atoms with Gasteiger partial charge < -0.3 is 18.9 Å². The highest BCUT2D eigenvalue weighted by molar-refractivity contribution is 5.72. The largest absolute Gasteiger partial charge is 0.490 e. The first-order valence-corrected chi connectivity index (χ1v) is 15.5. The second-order valence-corrected chi connectivity index (χ2v) is 11.2. The molecule has 0 amide bonds. The molecule has 4 nitrogen and oxygen atoms in total. The van der Waals surface area contributed by atoms with Gasteiger partial charge in [-0.05, 0) is 54.7 Å². The first-order chi connectivity index (χ1) is 21.2. The number of hydrogen-bond donors (Lipinski definition) is 0. The van der Waals surface area contributed by atoms with E-state index in [4.69, 9.17) is 18.9 Å². The fraction of sp³-hybridized carbons (Fsp3) is 0.486. The summed E-state index contributed by atoms with van der Waals surface area (Å²) in [6.07, 6.45) is 4.52. The van der Waals surface area contributed by atoms with Crippen LogP contribution in [0.2, 0.25) is 0 Å².